The van der Waals surface area contributed by atoms with Crippen LogP contribution in [0.5, 0.6) is 0 Å². The van der Waals surface area contributed by atoms with Crippen molar-refractivity contribution in [1.82, 2.24) is 10.2 Å². The minimum atomic E-state index is 0.0853. The number of nitrogens with one attached hydrogen (secondary N) is 1. The van der Waals surface area contributed by atoms with E-state index in [9.17, 15) is 4.79 Å². The molecular weight excluding hydrogens is 292 g/mol. The Kier molecular flexibility index (Phi) is 3.51. The van der Waals surface area contributed by atoms with E-state index in [1.165, 1.54) is 24.1 Å². The highest BCUT2D eigenvalue weighted by atomic mass is 32.1. The lowest BCUT2D eigenvalue weighted by atomic mass is 10.00. The first-order valence-corrected chi connectivity index (χ1v) is 8.71. The zero-order valence-corrected chi connectivity index (χ0v) is 13.5. The lowest BCUT2D eigenvalue weighted by Gasteiger charge is -2.22. The van der Waals surface area contributed by atoms with Gasteiger partial charge < -0.3 is 10.2 Å². The third kappa shape index (κ3) is 2.57. The van der Waals surface area contributed by atoms with E-state index >= 15 is 0 Å². The van der Waals surface area contributed by atoms with Crippen molar-refractivity contribution < 1.29 is 4.79 Å². The van der Waals surface area contributed by atoms with Gasteiger partial charge in [0.1, 0.15) is 0 Å². The normalized spacial score (nSPS) is 26.3. The van der Waals surface area contributed by atoms with Gasteiger partial charge in [0.05, 0.1) is 4.88 Å². The van der Waals surface area contributed by atoms with Crippen molar-refractivity contribution in [3.05, 3.63) is 46.8 Å². The molecule has 1 aromatic carbocycles. The number of rotatable bonds is 3. The summed E-state index contributed by atoms with van der Waals surface area (Å²) >= 11 is 1.58. The van der Waals surface area contributed by atoms with E-state index in [0.29, 0.717) is 12.0 Å². The molecule has 22 heavy (non-hydrogen) atoms. The fraction of sp³-hybridized carbons (Fsp3) is 0.389. The first-order valence-electron chi connectivity index (χ1n) is 7.89. The van der Waals surface area contributed by atoms with Gasteiger partial charge in [-0.25, -0.2) is 0 Å². The summed E-state index contributed by atoms with van der Waals surface area (Å²) < 4.78 is 0. The number of nitrogens with zero attached hydrogens (tertiary/aromatic N) is 1. The smallest absolute Gasteiger partial charge is 0.261 e. The number of aryl methyl sites for hydroxylation is 1. The third-order valence-corrected chi connectivity index (χ3v) is 5.95. The Hall–Kier alpha value is -1.65. The number of carbonyl (C=O) groups excluding carboxylic acids is 1. The van der Waals surface area contributed by atoms with Crippen molar-refractivity contribution >= 4 is 17.2 Å². The first kappa shape index (κ1) is 14.0. The van der Waals surface area contributed by atoms with Crippen LogP contribution in [0.1, 0.15) is 21.7 Å². The van der Waals surface area contributed by atoms with Crippen molar-refractivity contribution in [3.63, 3.8) is 0 Å². The number of carbonyl (C=O) groups is 1. The average Bonchev–Trinajstić information content (AvgIpc) is 3.24. The molecule has 0 saturated carbocycles. The first-order chi connectivity index (χ1) is 10.7. The number of fused-ring (bicyclic) bond motifs is 2. The summed E-state index contributed by atoms with van der Waals surface area (Å²) in [5.41, 5.74) is 2.44. The van der Waals surface area contributed by atoms with Gasteiger partial charge in [-0.1, -0.05) is 29.8 Å². The molecule has 2 saturated heterocycles. The molecule has 0 spiro atoms. The van der Waals surface area contributed by atoms with Gasteiger partial charge in [-0.2, -0.15) is 0 Å². The van der Waals surface area contributed by atoms with E-state index in [1.807, 2.05) is 6.07 Å². The molecule has 3 nitrogen and oxygen atoms in total. The second kappa shape index (κ2) is 5.52. The van der Waals surface area contributed by atoms with E-state index < -0.39 is 0 Å². The molecule has 4 rings (SSSR count). The third-order valence-electron chi connectivity index (χ3n) is 4.82. The summed E-state index contributed by atoms with van der Waals surface area (Å²) in [5.74, 6) is 0.739. The molecule has 2 aromatic rings. The van der Waals surface area contributed by atoms with Crippen LogP contribution in [0.3, 0.4) is 0 Å². The van der Waals surface area contributed by atoms with E-state index in [-0.39, 0.29) is 5.91 Å². The summed E-state index contributed by atoms with van der Waals surface area (Å²) in [6.45, 7) is 5.46. The number of hydrogen-bond acceptors (Lipinski definition) is 3. The van der Waals surface area contributed by atoms with Gasteiger partial charge in [0.25, 0.3) is 5.91 Å². The van der Waals surface area contributed by atoms with Crippen molar-refractivity contribution in [2.75, 3.05) is 19.6 Å². The minimum Gasteiger partial charge on any atom is -0.347 e. The Bertz CT molecular complexity index is 691. The molecule has 0 aliphatic carbocycles. The molecule has 1 N–H and O–H groups in total. The molecule has 0 radical (unpaired) electrons. The standard InChI is InChI=1S/C18H20N2OS/c1-12-2-4-13(5-3-12)16-6-7-17(22-16)18(21)19-15-11-20-9-8-14(15)10-20/h2-7,14-15H,8-11H2,1H3,(H,19,21)/t14-,15?/m0/s1. The molecule has 114 valence electrons. The summed E-state index contributed by atoms with van der Waals surface area (Å²) in [5, 5.41) is 3.23. The van der Waals surface area contributed by atoms with Gasteiger partial charge in [-0.05, 0) is 43.5 Å². The highest BCUT2D eigenvalue weighted by Crippen LogP contribution is 2.30. The van der Waals surface area contributed by atoms with Crippen molar-refractivity contribution in [3.8, 4) is 10.4 Å². The molecule has 2 fully saturated rings. The van der Waals surface area contributed by atoms with Gasteiger partial charge in [-0.15, -0.1) is 11.3 Å². The Morgan fingerprint density at radius 1 is 1.18 bits per heavy atom. The van der Waals surface area contributed by atoms with Crippen molar-refractivity contribution in [1.29, 1.82) is 0 Å². The van der Waals surface area contributed by atoms with Crippen LogP contribution in [0.15, 0.2) is 36.4 Å². The van der Waals surface area contributed by atoms with Crippen LogP contribution in [-0.2, 0) is 0 Å². The molecule has 2 bridgehead atoms. The van der Waals surface area contributed by atoms with Crippen LogP contribution in [-0.4, -0.2) is 36.5 Å². The maximum atomic E-state index is 12.5. The number of hydrogen-bond donors (Lipinski definition) is 1. The molecule has 2 unspecified atom stereocenters. The van der Waals surface area contributed by atoms with Crippen molar-refractivity contribution in [2.45, 2.75) is 19.4 Å². The van der Waals surface area contributed by atoms with Gasteiger partial charge in [0.15, 0.2) is 0 Å². The van der Waals surface area contributed by atoms with E-state index in [2.05, 4.69) is 47.5 Å². The van der Waals surface area contributed by atoms with Crippen LogP contribution >= 0.6 is 11.3 Å². The fourth-order valence-corrected chi connectivity index (χ4v) is 4.43. The van der Waals surface area contributed by atoms with E-state index in [0.717, 1.165) is 22.8 Å². The number of thiophene rings is 1. The Morgan fingerprint density at radius 2 is 2.00 bits per heavy atom. The predicted octanol–water partition coefficient (Wildman–Crippen LogP) is 3.16. The highest BCUT2D eigenvalue weighted by molar-refractivity contribution is 7.17. The monoisotopic (exact) mass is 312 g/mol. The Balaban J connectivity index is 1.46. The molecule has 1 amide bonds. The molecule has 4 heteroatoms. The minimum absolute atomic E-state index is 0.0853. The second-order valence-electron chi connectivity index (χ2n) is 6.42. The van der Waals surface area contributed by atoms with Crippen molar-refractivity contribution in [2.24, 2.45) is 5.92 Å². The number of benzene rings is 1. The molecule has 2 aliphatic heterocycles. The van der Waals surface area contributed by atoms with Crippen LogP contribution in [0.4, 0.5) is 0 Å². The van der Waals surface area contributed by atoms with Gasteiger partial charge in [0.2, 0.25) is 0 Å². The number of piperidine rings is 1. The topological polar surface area (TPSA) is 32.3 Å². The summed E-state index contributed by atoms with van der Waals surface area (Å²) in [4.78, 5) is 16.9. The molecular formula is C18H20N2OS. The van der Waals surface area contributed by atoms with Gasteiger partial charge in [0, 0.05) is 24.0 Å². The van der Waals surface area contributed by atoms with Crippen LogP contribution < -0.4 is 5.32 Å². The van der Waals surface area contributed by atoms with Crippen LogP contribution in [0, 0.1) is 12.8 Å². The summed E-state index contributed by atoms with van der Waals surface area (Å²) in [7, 11) is 0. The molecule has 3 heterocycles. The maximum Gasteiger partial charge on any atom is 0.261 e. The Labute approximate surface area is 135 Å². The molecule has 1 aromatic heterocycles. The quantitative estimate of drug-likeness (QED) is 0.944. The zero-order valence-electron chi connectivity index (χ0n) is 12.7. The maximum absolute atomic E-state index is 12.5. The lowest BCUT2D eigenvalue weighted by molar-refractivity contribution is 0.0928. The predicted molar refractivity (Wildman–Crippen MR) is 90.3 cm³/mol. The summed E-state index contributed by atoms with van der Waals surface area (Å²) in [6.07, 6.45) is 1.23. The van der Waals surface area contributed by atoms with Crippen LogP contribution in [0.25, 0.3) is 10.4 Å². The molecule has 3 atom stereocenters. The second-order valence-corrected chi connectivity index (χ2v) is 7.50. The van der Waals surface area contributed by atoms with E-state index in [1.54, 1.807) is 11.3 Å². The van der Waals surface area contributed by atoms with Gasteiger partial charge >= 0.3 is 0 Å². The van der Waals surface area contributed by atoms with Crippen LogP contribution in [0.2, 0.25) is 0 Å². The SMILES string of the molecule is Cc1ccc(-c2ccc(C(=O)NC3CN4CC[C@H]3C4)s2)cc1. The highest BCUT2D eigenvalue weighted by Gasteiger charge is 2.38. The van der Waals surface area contributed by atoms with Gasteiger partial charge in [-0.3, -0.25) is 4.79 Å². The molecule has 2 aliphatic rings. The largest absolute Gasteiger partial charge is 0.347 e. The fourth-order valence-electron chi connectivity index (χ4n) is 3.52. The van der Waals surface area contributed by atoms with E-state index in [4.69, 9.17) is 0 Å². The zero-order chi connectivity index (χ0) is 15.1. The Morgan fingerprint density at radius 3 is 2.68 bits per heavy atom. The average molecular weight is 312 g/mol. The number of amides is 1. The lowest BCUT2D eigenvalue weighted by Crippen LogP contribution is -2.42. The summed E-state index contributed by atoms with van der Waals surface area (Å²) in [6, 6.07) is 12.8.